The predicted molar refractivity (Wildman–Crippen MR) is 154 cm³/mol. The first-order chi connectivity index (χ1) is 19.0. The lowest BCUT2D eigenvalue weighted by Crippen LogP contribution is -2.24. The van der Waals surface area contributed by atoms with E-state index in [4.69, 9.17) is 18.9 Å². The number of methoxy groups -OCH3 is 2. The Morgan fingerprint density at radius 3 is 2.44 bits per heavy atom. The lowest BCUT2D eigenvalue weighted by Gasteiger charge is -2.26. The summed E-state index contributed by atoms with van der Waals surface area (Å²) in [6.07, 6.45) is 4.77. The Kier molecular flexibility index (Phi) is 9.86. The third kappa shape index (κ3) is 7.12. The minimum absolute atomic E-state index is 0.386. The van der Waals surface area contributed by atoms with E-state index in [0.717, 1.165) is 58.4 Å². The number of carboxylic acid groups (broad SMARTS) is 1. The molecule has 2 aliphatic heterocycles. The molecular formula is C32H37NO6. The maximum atomic E-state index is 11.9. The molecule has 3 aromatic carbocycles. The van der Waals surface area contributed by atoms with Gasteiger partial charge in [0.15, 0.2) is 0 Å². The van der Waals surface area contributed by atoms with Crippen LogP contribution in [0.2, 0.25) is 0 Å². The number of nitrogens with zero attached hydrogens (tertiary/aromatic N) is 1. The van der Waals surface area contributed by atoms with Crippen molar-refractivity contribution in [2.75, 3.05) is 45.5 Å². The van der Waals surface area contributed by atoms with Crippen molar-refractivity contribution in [1.82, 2.24) is 0 Å². The van der Waals surface area contributed by atoms with Crippen molar-refractivity contribution < 1.29 is 28.8 Å². The van der Waals surface area contributed by atoms with E-state index in [9.17, 15) is 9.90 Å². The summed E-state index contributed by atoms with van der Waals surface area (Å²) in [6, 6.07) is 19.8. The van der Waals surface area contributed by atoms with Gasteiger partial charge < -0.3 is 29.0 Å². The lowest BCUT2D eigenvalue weighted by atomic mass is 9.99. The van der Waals surface area contributed by atoms with E-state index in [2.05, 4.69) is 17.0 Å². The van der Waals surface area contributed by atoms with E-state index < -0.39 is 5.97 Å². The van der Waals surface area contributed by atoms with Crippen molar-refractivity contribution >= 4 is 17.7 Å². The Hall–Kier alpha value is -3.97. The van der Waals surface area contributed by atoms with E-state index in [-0.39, 0.29) is 0 Å². The van der Waals surface area contributed by atoms with Crippen molar-refractivity contribution in [2.24, 2.45) is 0 Å². The zero-order valence-corrected chi connectivity index (χ0v) is 22.9. The second-order valence-corrected chi connectivity index (χ2v) is 9.35. The molecule has 1 saturated heterocycles. The number of hydrogen-bond acceptors (Lipinski definition) is 6. The van der Waals surface area contributed by atoms with Crippen LogP contribution in [0.25, 0.3) is 17.2 Å². The fourth-order valence-electron chi connectivity index (χ4n) is 4.80. The highest BCUT2D eigenvalue weighted by molar-refractivity contribution is 5.94. The molecule has 0 aliphatic carbocycles. The highest BCUT2D eigenvalue weighted by atomic mass is 16.5. The highest BCUT2D eigenvalue weighted by Crippen LogP contribution is 2.37. The number of fused-ring (bicyclic) bond motifs is 1. The first kappa shape index (κ1) is 28.0. The third-order valence-electron chi connectivity index (χ3n) is 6.80. The molecule has 0 spiro atoms. The van der Waals surface area contributed by atoms with Crippen molar-refractivity contribution in [2.45, 2.75) is 32.7 Å². The van der Waals surface area contributed by atoms with Crippen molar-refractivity contribution in [1.29, 1.82) is 0 Å². The molecule has 7 nitrogen and oxygen atoms in total. The average molecular weight is 532 g/mol. The smallest absolute Gasteiger partial charge is 0.331 e. The molecule has 1 N–H and O–H groups in total. The van der Waals surface area contributed by atoms with E-state index in [1.54, 1.807) is 20.3 Å². The van der Waals surface area contributed by atoms with Crippen LogP contribution < -0.4 is 19.1 Å². The summed E-state index contributed by atoms with van der Waals surface area (Å²) >= 11 is 0. The zero-order valence-electron chi connectivity index (χ0n) is 22.9. The largest absolute Gasteiger partial charge is 0.497 e. The minimum Gasteiger partial charge on any atom is -0.497 e. The standard InChI is InChI=1S/C28H29NO5.C4H8O/c1-4-34-27-8-6-5-7-24(27)19-9-11-25-21(15-19)16-20(28(30)31)13-14-29(25)18-22-17-23(32-2)10-12-26(22)33-3;1-2-4-5-3-1/h5-12,15-17H,4,13-14,18H2,1-3H3,(H,30,31);1-4H2. The number of benzene rings is 3. The number of rotatable bonds is 8. The summed E-state index contributed by atoms with van der Waals surface area (Å²) in [6.45, 7) is 5.66. The van der Waals surface area contributed by atoms with E-state index in [1.807, 2.05) is 55.5 Å². The molecule has 39 heavy (non-hydrogen) atoms. The summed E-state index contributed by atoms with van der Waals surface area (Å²) in [7, 11) is 3.28. The third-order valence-corrected chi connectivity index (χ3v) is 6.80. The van der Waals surface area contributed by atoms with Gasteiger partial charge in [0.25, 0.3) is 0 Å². The summed E-state index contributed by atoms with van der Waals surface area (Å²) in [5.74, 6) is 1.42. The van der Waals surface area contributed by atoms with Crippen LogP contribution in [0.15, 0.2) is 66.2 Å². The second kappa shape index (κ2) is 13.7. The quantitative estimate of drug-likeness (QED) is 0.358. The number of carbonyl (C=O) groups is 1. The molecule has 0 unspecified atom stereocenters. The molecule has 0 radical (unpaired) electrons. The number of anilines is 1. The maximum absolute atomic E-state index is 11.9. The summed E-state index contributed by atoms with van der Waals surface area (Å²) in [5.41, 5.74) is 5.14. The molecule has 0 bridgehead atoms. The fourth-order valence-corrected chi connectivity index (χ4v) is 4.80. The predicted octanol–water partition coefficient (Wildman–Crippen LogP) is 6.44. The lowest BCUT2D eigenvalue weighted by molar-refractivity contribution is -0.132. The van der Waals surface area contributed by atoms with E-state index >= 15 is 0 Å². The molecule has 7 heteroatoms. The monoisotopic (exact) mass is 531 g/mol. The van der Waals surface area contributed by atoms with Gasteiger partial charge in [-0.3, -0.25) is 0 Å². The van der Waals surface area contributed by atoms with Crippen LogP contribution in [-0.4, -0.2) is 51.7 Å². The normalized spacial score (nSPS) is 14.3. The summed E-state index contributed by atoms with van der Waals surface area (Å²) in [5, 5.41) is 9.77. The van der Waals surface area contributed by atoms with Gasteiger partial charge in [-0.25, -0.2) is 4.79 Å². The molecule has 0 saturated carbocycles. The average Bonchev–Trinajstić information content (AvgIpc) is 3.50. The van der Waals surface area contributed by atoms with Gasteiger partial charge in [-0.15, -0.1) is 0 Å². The molecule has 2 aliphatic rings. The Morgan fingerprint density at radius 1 is 0.974 bits per heavy atom. The van der Waals surface area contributed by atoms with Gasteiger partial charge in [0.2, 0.25) is 0 Å². The first-order valence-electron chi connectivity index (χ1n) is 13.4. The van der Waals surface area contributed by atoms with Gasteiger partial charge in [-0.2, -0.15) is 0 Å². The molecular weight excluding hydrogens is 494 g/mol. The number of hydrogen-bond donors (Lipinski definition) is 1. The minimum atomic E-state index is -0.896. The highest BCUT2D eigenvalue weighted by Gasteiger charge is 2.21. The van der Waals surface area contributed by atoms with Crippen LogP contribution >= 0.6 is 0 Å². The maximum Gasteiger partial charge on any atom is 0.331 e. The van der Waals surface area contributed by atoms with Crippen molar-refractivity contribution in [3.05, 3.63) is 77.4 Å². The van der Waals surface area contributed by atoms with Crippen LogP contribution in [0.5, 0.6) is 17.2 Å². The van der Waals surface area contributed by atoms with Crippen molar-refractivity contribution in [3.8, 4) is 28.4 Å². The number of aliphatic carboxylic acids is 1. The SMILES string of the molecule is C1CCOC1.CCOc1ccccc1-c1ccc2c(c1)C=C(C(=O)O)CCN2Cc1cc(OC)ccc1OC. The Labute approximate surface area is 230 Å². The van der Waals surface area contributed by atoms with E-state index in [0.29, 0.717) is 31.7 Å². The molecule has 0 amide bonds. The van der Waals surface area contributed by atoms with Crippen LogP contribution in [-0.2, 0) is 16.1 Å². The Balaban J connectivity index is 0.000000634. The van der Waals surface area contributed by atoms with Gasteiger partial charge in [0.05, 0.1) is 20.8 Å². The molecule has 206 valence electrons. The molecule has 2 heterocycles. The van der Waals surface area contributed by atoms with Gasteiger partial charge in [0, 0.05) is 48.7 Å². The molecule has 3 aromatic rings. The zero-order chi connectivity index (χ0) is 27.6. The first-order valence-corrected chi connectivity index (χ1v) is 13.4. The fraction of sp³-hybridized carbons (Fsp3) is 0.344. The van der Waals surface area contributed by atoms with Crippen molar-refractivity contribution in [3.63, 3.8) is 0 Å². The van der Waals surface area contributed by atoms with E-state index in [1.165, 1.54) is 12.8 Å². The van der Waals surface area contributed by atoms with Crippen LogP contribution in [0.1, 0.15) is 37.3 Å². The number of para-hydroxylation sites is 1. The van der Waals surface area contributed by atoms with Crippen LogP contribution in [0.4, 0.5) is 5.69 Å². The van der Waals surface area contributed by atoms with Gasteiger partial charge >= 0.3 is 5.97 Å². The topological polar surface area (TPSA) is 77.5 Å². The summed E-state index contributed by atoms with van der Waals surface area (Å²) in [4.78, 5) is 14.1. The molecule has 0 aromatic heterocycles. The van der Waals surface area contributed by atoms with Crippen LogP contribution in [0, 0.1) is 0 Å². The van der Waals surface area contributed by atoms with Gasteiger partial charge in [-0.05, 0) is 79.8 Å². The number of carboxylic acids is 1. The number of ether oxygens (including phenoxy) is 4. The van der Waals surface area contributed by atoms with Crippen LogP contribution in [0.3, 0.4) is 0 Å². The Bertz CT molecular complexity index is 1290. The second-order valence-electron chi connectivity index (χ2n) is 9.35. The molecule has 0 atom stereocenters. The summed E-state index contributed by atoms with van der Waals surface area (Å²) < 4.78 is 21.7. The van der Waals surface area contributed by atoms with Gasteiger partial charge in [-0.1, -0.05) is 24.3 Å². The Morgan fingerprint density at radius 2 is 1.77 bits per heavy atom. The van der Waals surface area contributed by atoms with Gasteiger partial charge in [0.1, 0.15) is 17.2 Å². The molecule has 1 fully saturated rings. The molecule has 5 rings (SSSR count).